The number of rotatable bonds is 3. The first-order valence-electron chi connectivity index (χ1n) is 3.71. The van der Waals surface area contributed by atoms with E-state index in [2.05, 4.69) is 15.0 Å². The van der Waals surface area contributed by atoms with Crippen molar-refractivity contribution in [2.75, 3.05) is 7.11 Å². The van der Waals surface area contributed by atoms with E-state index < -0.39 is 5.97 Å². The topological polar surface area (TPSA) is 89.9 Å². The Morgan fingerprint density at radius 1 is 1.73 bits per heavy atom. The van der Waals surface area contributed by atoms with Gasteiger partial charge >= 0.3 is 5.97 Å². The van der Waals surface area contributed by atoms with Crippen LogP contribution >= 0.6 is 11.3 Å². The van der Waals surface area contributed by atoms with Crippen LogP contribution in [0.4, 0.5) is 0 Å². The van der Waals surface area contributed by atoms with Crippen molar-refractivity contribution in [2.24, 2.45) is 5.16 Å². The largest absolute Gasteiger partial charge is 0.397 e. The number of aromatic nitrogens is 1. The SMILES string of the molecule is CO/N=C(\NC=O)C(=O)Oc1nccs1. The summed E-state index contributed by atoms with van der Waals surface area (Å²) in [5.74, 6) is -1.19. The third-order valence-corrected chi connectivity index (χ3v) is 1.81. The Labute approximate surface area is 88.7 Å². The smallest absolute Gasteiger partial charge is 0.385 e. The second-order valence-corrected chi connectivity index (χ2v) is 2.93. The van der Waals surface area contributed by atoms with E-state index >= 15 is 0 Å². The number of amidine groups is 1. The van der Waals surface area contributed by atoms with Crippen molar-refractivity contribution in [1.82, 2.24) is 10.3 Å². The van der Waals surface area contributed by atoms with Gasteiger partial charge in [-0.1, -0.05) is 16.5 Å². The molecule has 0 spiro atoms. The van der Waals surface area contributed by atoms with Gasteiger partial charge in [-0.15, -0.1) is 0 Å². The molecule has 15 heavy (non-hydrogen) atoms. The molecular formula is C7H7N3O4S. The molecule has 0 unspecified atom stereocenters. The van der Waals surface area contributed by atoms with E-state index in [0.29, 0.717) is 6.41 Å². The highest BCUT2D eigenvalue weighted by molar-refractivity contribution is 7.11. The highest BCUT2D eigenvalue weighted by Gasteiger charge is 2.15. The maximum atomic E-state index is 11.3. The predicted octanol–water partition coefficient (Wildman–Crippen LogP) is -0.246. The third-order valence-electron chi connectivity index (χ3n) is 1.16. The third kappa shape index (κ3) is 3.35. The molecule has 0 aliphatic heterocycles. The molecular weight excluding hydrogens is 222 g/mol. The average molecular weight is 229 g/mol. The first-order chi connectivity index (χ1) is 7.27. The van der Waals surface area contributed by atoms with Gasteiger partial charge in [0.15, 0.2) is 0 Å². The first-order valence-corrected chi connectivity index (χ1v) is 4.59. The number of nitrogens with one attached hydrogen (secondary N) is 1. The maximum absolute atomic E-state index is 11.3. The molecule has 1 aromatic rings. The molecule has 0 aliphatic carbocycles. The molecule has 80 valence electrons. The molecule has 7 nitrogen and oxygen atoms in total. The first kappa shape index (κ1) is 11.1. The molecule has 0 bridgehead atoms. The molecule has 0 aliphatic rings. The molecule has 0 aromatic carbocycles. The van der Waals surface area contributed by atoms with Gasteiger partial charge in [-0.3, -0.25) is 4.79 Å². The summed E-state index contributed by atoms with van der Waals surface area (Å²) in [4.78, 5) is 29.5. The minimum atomic E-state index is -0.848. The van der Waals surface area contributed by atoms with Crippen molar-refractivity contribution < 1.29 is 19.2 Å². The number of esters is 1. The second kappa shape index (κ2) is 5.70. The summed E-state index contributed by atoms with van der Waals surface area (Å²) < 4.78 is 4.76. The van der Waals surface area contributed by atoms with Crippen molar-refractivity contribution in [3.63, 3.8) is 0 Å². The zero-order valence-electron chi connectivity index (χ0n) is 7.67. The second-order valence-electron chi connectivity index (χ2n) is 2.07. The van der Waals surface area contributed by atoms with Crippen LogP contribution in [0.2, 0.25) is 0 Å². The lowest BCUT2D eigenvalue weighted by Crippen LogP contribution is -2.33. The summed E-state index contributed by atoms with van der Waals surface area (Å²) in [5.41, 5.74) is 0. The van der Waals surface area contributed by atoms with E-state index in [-0.39, 0.29) is 11.0 Å². The van der Waals surface area contributed by atoms with Gasteiger partial charge in [0.1, 0.15) is 7.11 Å². The fourth-order valence-corrected chi connectivity index (χ4v) is 1.14. The minimum Gasteiger partial charge on any atom is -0.397 e. The zero-order valence-corrected chi connectivity index (χ0v) is 8.48. The molecule has 1 aromatic heterocycles. The van der Waals surface area contributed by atoms with Gasteiger partial charge in [0.2, 0.25) is 6.41 Å². The number of oxime groups is 1. The minimum absolute atomic E-state index is 0.163. The Kier molecular flexibility index (Phi) is 4.23. The lowest BCUT2D eigenvalue weighted by Gasteiger charge is -2.01. The quantitative estimate of drug-likeness (QED) is 0.254. The van der Waals surface area contributed by atoms with Crippen LogP contribution in [0.3, 0.4) is 0 Å². The number of nitrogens with zero attached hydrogens (tertiary/aromatic N) is 2. The van der Waals surface area contributed by atoms with Gasteiger partial charge in [0.05, 0.1) is 0 Å². The number of hydrogen-bond acceptors (Lipinski definition) is 7. The van der Waals surface area contributed by atoms with Gasteiger partial charge in [0.25, 0.3) is 11.0 Å². The molecule has 8 heteroatoms. The van der Waals surface area contributed by atoms with Crippen molar-refractivity contribution >= 4 is 29.6 Å². The lowest BCUT2D eigenvalue weighted by molar-refractivity contribution is -0.127. The van der Waals surface area contributed by atoms with Gasteiger partial charge in [-0.2, -0.15) is 0 Å². The normalized spacial score (nSPS) is 10.6. The summed E-state index contributed by atoms with van der Waals surface area (Å²) in [6, 6.07) is 0. The van der Waals surface area contributed by atoms with E-state index in [0.717, 1.165) is 11.3 Å². The Hall–Kier alpha value is -1.96. The number of thiazole rings is 1. The van der Waals surface area contributed by atoms with Crippen LogP contribution in [0.5, 0.6) is 5.19 Å². The summed E-state index contributed by atoms with van der Waals surface area (Å²) in [7, 11) is 1.24. The van der Waals surface area contributed by atoms with Gasteiger partial charge in [-0.05, 0) is 0 Å². The number of amides is 1. The molecule has 0 fully saturated rings. The van der Waals surface area contributed by atoms with Crippen molar-refractivity contribution in [3.8, 4) is 5.19 Å². The summed E-state index contributed by atoms with van der Waals surface area (Å²) >= 11 is 1.14. The average Bonchev–Trinajstić information content (AvgIpc) is 2.70. The Morgan fingerprint density at radius 2 is 2.53 bits per heavy atom. The molecule has 1 heterocycles. The number of ether oxygens (including phenoxy) is 1. The number of carbonyl (C=O) groups excluding carboxylic acids is 2. The van der Waals surface area contributed by atoms with Crippen molar-refractivity contribution in [1.29, 1.82) is 0 Å². The fraction of sp³-hybridized carbons (Fsp3) is 0.143. The summed E-state index contributed by atoms with van der Waals surface area (Å²) in [6.07, 6.45) is 1.77. The van der Waals surface area contributed by atoms with E-state index in [9.17, 15) is 9.59 Å². The van der Waals surface area contributed by atoms with E-state index in [1.807, 2.05) is 5.32 Å². The Bertz CT molecular complexity index is 362. The number of hydrogen-bond donors (Lipinski definition) is 1. The highest BCUT2D eigenvalue weighted by atomic mass is 32.1. The molecule has 0 radical (unpaired) electrons. The van der Waals surface area contributed by atoms with Gasteiger partial charge in [-0.25, -0.2) is 9.78 Å². The van der Waals surface area contributed by atoms with Crippen LogP contribution in [0, 0.1) is 0 Å². The highest BCUT2D eigenvalue weighted by Crippen LogP contribution is 2.13. The lowest BCUT2D eigenvalue weighted by atomic mass is 10.6. The Morgan fingerprint density at radius 3 is 3.07 bits per heavy atom. The van der Waals surface area contributed by atoms with E-state index in [1.165, 1.54) is 13.3 Å². The van der Waals surface area contributed by atoms with E-state index in [1.54, 1.807) is 5.38 Å². The van der Waals surface area contributed by atoms with Crippen LogP contribution in [0.15, 0.2) is 16.7 Å². The molecule has 1 N–H and O–H groups in total. The molecule has 1 amide bonds. The van der Waals surface area contributed by atoms with Crippen molar-refractivity contribution in [3.05, 3.63) is 11.6 Å². The monoisotopic (exact) mass is 229 g/mol. The standard InChI is InChI=1S/C7H7N3O4S/c1-13-10-5(9-4-11)6(12)14-7-8-2-3-15-7/h2-4H,1H3,(H,9,10,11). The fourth-order valence-electron chi connectivity index (χ4n) is 0.658. The summed E-state index contributed by atoms with van der Waals surface area (Å²) in [6.45, 7) is 0. The maximum Gasteiger partial charge on any atom is 0.385 e. The van der Waals surface area contributed by atoms with Crippen LogP contribution in [0.1, 0.15) is 0 Å². The molecule has 1 rings (SSSR count). The van der Waals surface area contributed by atoms with Crippen LogP contribution in [-0.2, 0) is 14.4 Å². The predicted molar refractivity (Wildman–Crippen MR) is 51.4 cm³/mol. The summed E-state index contributed by atoms with van der Waals surface area (Å²) in [5, 5.41) is 7.12. The van der Waals surface area contributed by atoms with Crippen molar-refractivity contribution in [2.45, 2.75) is 0 Å². The van der Waals surface area contributed by atoms with E-state index in [4.69, 9.17) is 4.74 Å². The van der Waals surface area contributed by atoms with Crippen LogP contribution in [0.25, 0.3) is 0 Å². The zero-order chi connectivity index (χ0) is 11.1. The molecule has 0 saturated heterocycles. The van der Waals surface area contributed by atoms with Crippen LogP contribution in [-0.4, -0.2) is 30.3 Å². The number of carbonyl (C=O) groups is 2. The van der Waals surface area contributed by atoms with Gasteiger partial charge < -0.3 is 14.9 Å². The molecule has 0 atom stereocenters. The van der Waals surface area contributed by atoms with Crippen LogP contribution < -0.4 is 10.1 Å². The molecule has 0 saturated carbocycles. The Balaban J connectivity index is 2.65. The van der Waals surface area contributed by atoms with Gasteiger partial charge in [0, 0.05) is 11.6 Å².